The molecule has 1 aromatic rings. The summed E-state index contributed by atoms with van der Waals surface area (Å²) in [5.74, 6) is -0.0515. The van der Waals surface area contributed by atoms with Crippen molar-refractivity contribution in [3.8, 4) is 0 Å². The molecule has 78 valence electrons. The molecule has 0 fully saturated rings. The highest BCUT2D eigenvalue weighted by Gasteiger charge is 2.17. The highest BCUT2D eigenvalue weighted by molar-refractivity contribution is 6.33. The van der Waals surface area contributed by atoms with Crippen LogP contribution in [0, 0.1) is 0 Å². The summed E-state index contributed by atoms with van der Waals surface area (Å²) >= 11 is 5.82. The van der Waals surface area contributed by atoms with E-state index in [1.54, 1.807) is 14.2 Å². The number of aryl methyl sites for hydroxylation is 1. The molecule has 14 heavy (non-hydrogen) atoms. The van der Waals surface area contributed by atoms with E-state index in [-0.39, 0.29) is 11.9 Å². The third-order valence-electron chi connectivity index (χ3n) is 2.03. The number of aromatic nitrogens is 2. The number of carbonyl (C=O) groups excluding carboxylic acids is 1. The van der Waals surface area contributed by atoms with Crippen molar-refractivity contribution in [3.05, 3.63) is 16.9 Å². The second-order valence-electron chi connectivity index (χ2n) is 3.14. The molecule has 0 aromatic carbocycles. The van der Waals surface area contributed by atoms with E-state index in [2.05, 4.69) is 5.10 Å². The molecule has 1 rings (SSSR count). The van der Waals surface area contributed by atoms with Crippen molar-refractivity contribution in [2.24, 2.45) is 7.05 Å². The topological polar surface area (TPSA) is 44.1 Å². The number of methoxy groups -OCH3 is 1. The number of ether oxygens (including phenoxy) is 1. The van der Waals surface area contributed by atoms with Gasteiger partial charge in [-0.25, -0.2) is 0 Å². The number of ketones is 1. The van der Waals surface area contributed by atoms with Crippen LogP contribution in [0.2, 0.25) is 5.02 Å². The third kappa shape index (κ3) is 2.33. The SMILES string of the molecule is COC(C)CC(=O)c1c(Cl)cnn1C. The summed E-state index contributed by atoms with van der Waals surface area (Å²) in [6, 6.07) is 0. The standard InChI is InChI=1S/C9H13ClN2O2/c1-6(14-3)4-8(13)9-7(10)5-11-12(9)2/h5-6H,4H2,1-3H3. The van der Waals surface area contributed by atoms with Gasteiger partial charge < -0.3 is 4.74 Å². The largest absolute Gasteiger partial charge is 0.381 e. The second-order valence-corrected chi connectivity index (χ2v) is 3.55. The lowest BCUT2D eigenvalue weighted by Gasteiger charge is -2.08. The lowest BCUT2D eigenvalue weighted by atomic mass is 10.1. The monoisotopic (exact) mass is 216 g/mol. The first-order chi connectivity index (χ1) is 6.56. The van der Waals surface area contributed by atoms with Crippen LogP contribution in [-0.4, -0.2) is 28.8 Å². The fraction of sp³-hybridized carbons (Fsp3) is 0.556. The van der Waals surface area contributed by atoms with E-state index in [0.29, 0.717) is 17.1 Å². The molecule has 0 aliphatic carbocycles. The van der Waals surface area contributed by atoms with Crippen LogP contribution >= 0.6 is 11.6 Å². The Morgan fingerprint density at radius 1 is 1.79 bits per heavy atom. The lowest BCUT2D eigenvalue weighted by Crippen LogP contribution is -2.15. The number of carbonyl (C=O) groups is 1. The van der Waals surface area contributed by atoms with Crippen molar-refractivity contribution in [1.29, 1.82) is 0 Å². The summed E-state index contributed by atoms with van der Waals surface area (Å²) in [6.45, 7) is 1.84. The van der Waals surface area contributed by atoms with Gasteiger partial charge in [0.2, 0.25) is 0 Å². The van der Waals surface area contributed by atoms with E-state index in [4.69, 9.17) is 16.3 Å². The molecule has 0 saturated heterocycles. The Balaban J connectivity index is 2.79. The van der Waals surface area contributed by atoms with E-state index in [0.717, 1.165) is 0 Å². The van der Waals surface area contributed by atoms with Gasteiger partial charge in [-0.1, -0.05) is 11.6 Å². The minimum atomic E-state index is -0.103. The molecule has 1 atom stereocenters. The van der Waals surface area contributed by atoms with Crippen LogP contribution in [0.1, 0.15) is 23.8 Å². The highest BCUT2D eigenvalue weighted by atomic mass is 35.5. The summed E-state index contributed by atoms with van der Waals surface area (Å²) < 4.78 is 6.48. The molecule has 1 unspecified atom stereocenters. The van der Waals surface area contributed by atoms with E-state index in [9.17, 15) is 4.79 Å². The Hall–Kier alpha value is -0.870. The van der Waals surface area contributed by atoms with Gasteiger partial charge in [-0.3, -0.25) is 9.48 Å². The molecular weight excluding hydrogens is 204 g/mol. The third-order valence-corrected chi connectivity index (χ3v) is 2.31. The van der Waals surface area contributed by atoms with E-state index in [1.807, 2.05) is 6.92 Å². The number of hydrogen-bond acceptors (Lipinski definition) is 3. The van der Waals surface area contributed by atoms with Gasteiger partial charge >= 0.3 is 0 Å². The number of rotatable bonds is 4. The van der Waals surface area contributed by atoms with Crippen LogP contribution in [0.15, 0.2) is 6.20 Å². The molecule has 0 aliphatic heterocycles. The molecule has 0 spiro atoms. The Labute approximate surface area is 87.8 Å². The zero-order valence-corrected chi connectivity index (χ0v) is 9.21. The average molecular weight is 217 g/mol. The number of halogens is 1. The molecule has 4 nitrogen and oxygen atoms in total. The van der Waals surface area contributed by atoms with Crippen LogP contribution in [0.5, 0.6) is 0 Å². The Kier molecular flexibility index (Phi) is 3.66. The maximum atomic E-state index is 11.7. The van der Waals surface area contributed by atoms with Gasteiger partial charge in [0, 0.05) is 20.6 Å². The molecule has 0 radical (unpaired) electrons. The van der Waals surface area contributed by atoms with Crippen molar-refractivity contribution >= 4 is 17.4 Å². The van der Waals surface area contributed by atoms with Crippen LogP contribution in [0.3, 0.4) is 0 Å². The summed E-state index contributed by atoms with van der Waals surface area (Å²) in [4.78, 5) is 11.7. The van der Waals surface area contributed by atoms with Gasteiger partial charge in [0.25, 0.3) is 0 Å². The van der Waals surface area contributed by atoms with Crippen molar-refractivity contribution < 1.29 is 9.53 Å². The van der Waals surface area contributed by atoms with Gasteiger partial charge in [-0.05, 0) is 6.92 Å². The van der Waals surface area contributed by atoms with Crippen molar-refractivity contribution in [2.75, 3.05) is 7.11 Å². The van der Waals surface area contributed by atoms with Gasteiger partial charge in [0.1, 0.15) is 5.69 Å². The summed E-state index contributed by atoms with van der Waals surface area (Å²) in [6.07, 6.45) is 1.68. The van der Waals surface area contributed by atoms with Crippen LogP contribution in [0.25, 0.3) is 0 Å². The molecule has 0 bridgehead atoms. The number of hydrogen-bond donors (Lipinski definition) is 0. The van der Waals surface area contributed by atoms with Crippen molar-refractivity contribution in [3.63, 3.8) is 0 Å². The molecule has 0 amide bonds. The summed E-state index contributed by atoms with van der Waals surface area (Å²) in [5, 5.41) is 4.28. The first kappa shape index (κ1) is 11.2. The Morgan fingerprint density at radius 3 is 2.86 bits per heavy atom. The number of nitrogens with zero attached hydrogens (tertiary/aromatic N) is 2. The predicted molar refractivity (Wildman–Crippen MR) is 53.6 cm³/mol. The zero-order chi connectivity index (χ0) is 10.7. The normalized spacial score (nSPS) is 12.9. The van der Waals surface area contributed by atoms with Crippen molar-refractivity contribution in [2.45, 2.75) is 19.4 Å². The molecule has 1 aromatic heterocycles. The van der Waals surface area contributed by atoms with Crippen LogP contribution < -0.4 is 0 Å². The van der Waals surface area contributed by atoms with Crippen LogP contribution in [0.4, 0.5) is 0 Å². The summed E-state index contributed by atoms with van der Waals surface area (Å²) in [5.41, 5.74) is 0.440. The molecular formula is C9H13ClN2O2. The first-order valence-electron chi connectivity index (χ1n) is 4.29. The van der Waals surface area contributed by atoms with E-state index >= 15 is 0 Å². The minimum absolute atomic E-state index is 0.0515. The molecule has 0 aliphatic rings. The van der Waals surface area contributed by atoms with Crippen molar-refractivity contribution in [1.82, 2.24) is 9.78 Å². The Bertz CT molecular complexity index is 316. The fourth-order valence-electron chi connectivity index (χ4n) is 1.17. The fourth-order valence-corrected chi connectivity index (χ4v) is 1.44. The maximum Gasteiger partial charge on any atom is 0.184 e. The molecule has 0 saturated carbocycles. The quantitative estimate of drug-likeness (QED) is 0.720. The number of Topliss-reactive ketones (excluding diaryl/α,β-unsaturated/α-hetero) is 1. The zero-order valence-electron chi connectivity index (χ0n) is 8.45. The van der Waals surface area contributed by atoms with Gasteiger partial charge in [-0.2, -0.15) is 5.10 Å². The predicted octanol–water partition coefficient (Wildman–Crippen LogP) is 1.68. The van der Waals surface area contributed by atoms with Gasteiger partial charge in [-0.15, -0.1) is 0 Å². The average Bonchev–Trinajstić information content (AvgIpc) is 2.46. The second kappa shape index (κ2) is 4.57. The minimum Gasteiger partial charge on any atom is -0.381 e. The van der Waals surface area contributed by atoms with E-state index in [1.165, 1.54) is 10.9 Å². The van der Waals surface area contributed by atoms with Gasteiger partial charge in [0.15, 0.2) is 5.78 Å². The summed E-state index contributed by atoms with van der Waals surface area (Å²) in [7, 11) is 3.26. The Morgan fingerprint density at radius 2 is 2.43 bits per heavy atom. The molecule has 5 heteroatoms. The maximum absolute atomic E-state index is 11.7. The smallest absolute Gasteiger partial charge is 0.184 e. The highest BCUT2D eigenvalue weighted by Crippen LogP contribution is 2.16. The molecule has 1 heterocycles. The van der Waals surface area contributed by atoms with Crippen LogP contribution in [-0.2, 0) is 11.8 Å². The first-order valence-corrected chi connectivity index (χ1v) is 4.67. The lowest BCUT2D eigenvalue weighted by molar-refractivity contribution is 0.0784. The molecule has 0 N–H and O–H groups in total. The van der Waals surface area contributed by atoms with Gasteiger partial charge in [0.05, 0.1) is 17.3 Å². The van der Waals surface area contributed by atoms with E-state index < -0.39 is 0 Å².